The molecule has 0 saturated carbocycles. The molecule has 0 bridgehead atoms. The average molecular weight is 294 g/mol. The fourth-order valence-electron chi connectivity index (χ4n) is 2.57. The summed E-state index contributed by atoms with van der Waals surface area (Å²) in [6, 6.07) is 12.8. The molecule has 1 aromatic heterocycles. The van der Waals surface area contributed by atoms with Gasteiger partial charge in [-0.3, -0.25) is 4.90 Å². The first-order valence-electron chi connectivity index (χ1n) is 6.76. The average Bonchev–Trinajstić information content (AvgIpc) is 3.09. The number of hydrogen-bond donors (Lipinski definition) is 1. The standard InChI is InChI=1S/C15H19N3O.ClH/c1-16-13-7-8-18(10-13)11-14-9-15(19-17-14)12-5-3-2-4-6-12;/h2-6,9,13,16H,7-8,10-11H2,1H3;1H. The second kappa shape index (κ2) is 6.88. The molecule has 3 rings (SSSR count). The quantitative estimate of drug-likeness (QED) is 0.941. The number of halogens is 1. The highest BCUT2D eigenvalue weighted by molar-refractivity contribution is 5.85. The summed E-state index contributed by atoms with van der Waals surface area (Å²) in [4.78, 5) is 2.41. The van der Waals surface area contributed by atoms with Gasteiger partial charge in [-0.15, -0.1) is 12.4 Å². The van der Waals surface area contributed by atoms with Crippen LogP contribution in [-0.2, 0) is 6.54 Å². The van der Waals surface area contributed by atoms with Crippen LogP contribution in [0.4, 0.5) is 0 Å². The van der Waals surface area contributed by atoms with Gasteiger partial charge in [-0.2, -0.15) is 0 Å². The molecular formula is C15H20ClN3O. The first-order valence-corrected chi connectivity index (χ1v) is 6.76. The molecule has 108 valence electrons. The summed E-state index contributed by atoms with van der Waals surface area (Å²) in [6.45, 7) is 3.08. The molecule has 5 heteroatoms. The Hall–Kier alpha value is -1.36. The van der Waals surface area contributed by atoms with Gasteiger partial charge in [-0.25, -0.2) is 0 Å². The van der Waals surface area contributed by atoms with E-state index in [1.54, 1.807) is 0 Å². The third kappa shape index (κ3) is 3.39. The van der Waals surface area contributed by atoms with E-state index in [1.807, 2.05) is 43.4 Å². The molecule has 20 heavy (non-hydrogen) atoms. The fourth-order valence-corrected chi connectivity index (χ4v) is 2.57. The van der Waals surface area contributed by atoms with E-state index in [-0.39, 0.29) is 12.4 Å². The van der Waals surface area contributed by atoms with Crippen molar-refractivity contribution in [1.82, 2.24) is 15.4 Å². The Balaban J connectivity index is 0.00000147. The summed E-state index contributed by atoms with van der Waals surface area (Å²) in [6.07, 6.45) is 1.21. The molecule has 2 aromatic rings. The van der Waals surface area contributed by atoms with Crippen LogP contribution in [0.15, 0.2) is 40.9 Å². The zero-order chi connectivity index (χ0) is 13.1. The van der Waals surface area contributed by atoms with Crippen molar-refractivity contribution in [1.29, 1.82) is 0 Å². The van der Waals surface area contributed by atoms with Crippen LogP contribution in [0.25, 0.3) is 11.3 Å². The number of benzene rings is 1. The number of nitrogens with zero attached hydrogens (tertiary/aromatic N) is 2. The van der Waals surface area contributed by atoms with E-state index in [0.717, 1.165) is 36.7 Å². The highest BCUT2D eigenvalue weighted by Crippen LogP contribution is 2.21. The van der Waals surface area contributed by atoms with E-state index in [4.69, 9.17) is 4.52 Å². The lowest BCUT2D eigenvalue weighted by Gasteiger charge is -2.13. The number of rotatable bonds is 4. The van der Waals surface area contributed by atoms with Crippen molar-refractivity contribution < 1.29 is 4.52 Å². The molecule has 1 aliphatic rings. The summed E-state index contributed by atoms with van der Waals surface area (Å²) in [5, 5.41) is 7.50. The summed E-state index contributed by atoms with van der Waals surface area (Å²) in [7, 11) is 2.03. The van der Waals surface area contributed by atoms with Crippen molar-refractivity contribution in [3.8, 4) is 11.3 Å². The lowest BCUT2D eigenvalue weighted by Crippen LogP contribution is -2.29. The molecule has 1 N–H and O–H groups in total. The molecule has 0 radical (unpaired) electrons. The van der Waals surface area contributed by atoms with E-state index in [0.29, 0.717) is 6.04 Å². The molecule has 1 fully saturated rings. The third-order valence-electron chi connectivity index (χ3n) is 3.68. The Morgan fingerprint density at radius 3 is 2.85 bits per heavy atom. The van der Waals surface area contributed by atoms with E-state index < -0.39 is 0 Å². The maximum Gasteiger partial charge on any atom is 0.167 e. The van der Waals surface area contributed by atoms with Crippen LogP contribution in [-0.4, -0.2) is 36.2 Å². The number of likely N-dealkylation sites (N-methyl/N-ethyl adjacent to an activating group) is 1. The van der Waals surface area contributed by atoms with Crippen molar-refractivity contribution in [3.63, 3.8) is 0 Å². The molecule has 2 heterocycles. The maximum absolute atomic E-state index is 5.42. The van der Waals surface area contributed by atoms with E-state index in [1.165, 1.54) is 6.42 Å². The lowest BCUT2D eigenvalue weighted by molar-refractivity contribution is 0.307. The lowest BCUT2D eigenvalue weighted by atomic mass is 10.1. The normalized spacial score (nSPS) is 18.9. The SMILES string of the molecule is CNC1CCN(Cc2cc(-c3ccccc3)on2)C1.Cl. The van der Waals surface area contributed by atoms with Gasteiger partial charge in [0.15, 0.2) is 5.76 Å². The van der Waals surface area contributed by atoms with E-state index in [2.05, 4.69) is 15.4 Å². The zero-order valence-electron chi connectivity index (χ0n) is 11.6. The van der Waals surface area contributed by atoms with Gasteiger partial charge in [0.05, 0.1) is 5.69 Å². The fraction of sp³-hybridized carbons (Fsp3) is 0.400. The van der Waals surface area contributed by atoms with Crippen LogP contribution in [0.2, 0.25) is 0 Å². The van der Waals surface area contributed by atoms with Crippen molar-refractivity contribution in [2.45, 2.75) is 19.0 Å². The van der Waals surface area contributed by atoms with Crippen LogP contribution >= 0.6 is 12.4 Å². The number of hydrogen-bond acceptors (Lipinski definition) is 4. The summed E-state index contributed by atoms with van der Waals surface area (Å²) in [5.74, 6) is 0.847. The van der Waals surface area contributed by atoms with E-state index in [9.17, 15) is 0 Å². The molecule has 1 atom stereocenters. The topological polar surface area (TPSA) is 41.3 Å². The van der Waals surface area contributed by atoms with Gasteiger partial charge in [0.25, 0.3) is 0 Å². The third-order valence-corrected chi connectivity index (χ3v) is 3.68. The van der Waals surface area contributed by atoms with Gasteiger partial charge in [0.1, 0.15) is 0 Å². The van der Waals surface area contributed by atoms with Crippen LogP contribution < -0.4 is 5.32 Å². The molecule has 0 amide bonds. The highest BCUT2D eigenvalue weighted by Gasteiger charge is 2.21. The van der Waals surface area contributed by atoms with Gasteiger partial charge in [0.2, 0.25) is 0 Å². The molecular weight excluding hydrogens is 274 g/mol. The van der Waals surface area contributed by atoms with Gasteiger partial charge in [-0.05, 0) is 13.5 Å². The number of aromatic nitrogens is 1. The Morgan fingerprint density at radius 2 is 2.15 bits per heavy atom. The van der Waals surface area contributed by atoms with Crippen LogP contribution in [0.1, 0.15) is 12.1 Å². The molecule has 1 unspecified atom stereocenters. The first kappa shape index (κ1) is 15.0. The minimum atomic E-state index is 0. The predicted octanol–water partition coefficient (Wildman–Crippen LogP) is 2.56. The van der Waals surface area contributed by atoms with Gasteiger partial charge >= 0.3 is 0 Å². The minimum absolute atomic E-state index is 0. The van der Waals surface area contributed by atoms with Crippen molar-refractivity contribution >= 4 is 12.4 Å². The zero-order valence-corrected chi connectivity index (χ0v) is 12.4. The van der Waals surface area contributed by atoms with Crippen LogP contribution in [0, 0.1) is 0 Å². The number of likely N-dealkylation sites (tertiary alicyclic amines) is 1. The van der Waals surface area contributed by atoms with Gasteiger partial charge in [-0.1, -0.05) is 35.5 Å². The first-order chi connectivity index (χ1) is 9.35. The summed E-state index contributed by atoms with van der Waals surface area (Å²) >= 11 is 0. The predicted molar refractivity (Wildman–Crippen MR) is 81.9 cm³/mol. The van der Waals surface area contributed by atoms with Crippen LogP contribution in [0.5, 0.6) is 0 Å². The molecule has 1 saturated heterocycles. The smallest absolute Gasteiger partial charge is 0.167 e. The molecule has 0 spiro atoms. The highest BCUT2D eigenvalue weighted by atomic mass is 35.5. The van der Waals surface area contributed by atoms with Gasteiger partial charge in [0, 0.05) is 37.3 Å². The maximum atomic E-state index is 5.42. The Labute approximate surface area is 125 Å². The van der Waals surface area contributed by atoms with Gasteiger partial charge < -0.3 is 9.84 Å². The Bertz CT molecular complexity index is 529. The van der Waals surface area contributed by atoms with Crippen molar-refractivity contribution in [2.24, 2.45) is 0 Å². The molecule has 4 nitrogen and oxygen atoms in total. The largest absolute Gasteiger partial charge is 0.356 e. The minimum Gasteiger partial charge on any atom is -0.356 e. The monoisotopic (exact) mass is 293 g/mol. The Kier molecular flexibility index (Phi) is 5.17. The number of nitrogens with one attached hydrogen (secondary N) is 1. The van der Waals surface area contributed by atoms with E-state index >= 15 is 0 Å². The van der Waals surface area contributed by atoms with Crippen LogP contribution in [0.3, 0.4) is 0 Å². The molecule has 1 aliphatic heterocycles. The summed E-state index contributed by atoms with van der Waals surface area (Å²) < 4.78 is 5.42. The summed E-state index contributed by atoms with van der Waals surface area (Å²) in [5.41, 5.74) is 2.09. The second-order valence-electron chi connectivity index (χ2n) is 5.06. The van der Waals surface area contributed by atoms with Crippen molar-refractivity contribution in [2.75, 3.05) is 20.1 Å². The Morgan fingerprint density at radius 1 is 1.35 bits per heavy atom. The molecule has 1 aromatic carbocycles. The van der Waals surface area contributed by atoms with Crippen molar-refractivity contribution in [3.05, 3.63) is 42.1 Å². The second-order valence-corrected chi connectivity index (χ2v) is 5.06. The molecule has 0 aliphatic carbocycles.